The Kier molecular flexibility index (Phi) is 4.20. The highest BCUT2D eigenvalue weighted by molar-refractivity contribution is 5.91. The van der Waals surface area contributed by atoms with Crippen LogP contribution in [0.1, 0.15) is 41.6 Å². The highest BCUT2D eigenvalue weighted by Gasteiger charge is 2.35. The Labute approximate surface area is 115 Å². The lowest BCUT2D eigenvalue weighted by molar-refractivity contribution is -0.138. The first kappa shape index (κ1) is 14.7. The van der Waals surface area contributed by atoms with Crippen LogP contribution in [0.25, 0.3) is 0 Å². The zero-order valence-corrected chi connectivity index (χ0v) is 10.9. The lowest BCUT2D eigenvalue weighted by atomic mass is 10.1. The summed E-state index contributed by atoms with van der Waals surface area (Å²) in [6, 6.07) is 3.36. The number of aromatic carboxylic acids is 1. The first-order valence-electron chi connectivity index (χ1n) is 6.59. The summed E-state index contributed by atoms with van der Waals surface area (Å²) < 4.78 is 38.3. The first-order chi connectivity index (χ1) is 9.39. The molecule has 1 aromatic rings. The molecule has 1 saturated heterocycles. The quantitative estimate of drug-likeness (QED) is 0.899. The molecule has 0 radical (unpaired) electrons. The van der Waals surface area contributed by atoms with Crippen LogP contribution in [0.15, 0.2) is 18.2 Å². The van der Waals surface area contributed by atoms with Crippen molar-refractivity contribution in [2.45, 2.75) is 31.9 Å². The average molecular weight is 287 g/mol. The summed E-state index contributed by atoms with van der Waals surface area (Å²) in [4.78, 5) is 13.0. The van der Waals surface area contributed by atoms with Crippen molar-refractivity contribution in [3.8, 4) is 0 Å². The van der Waals surface area contributed by atoms with Gasteiger partial charge in [-0.05, 0) is 31.0 Å². The van der Waals surface area contributed by atoms with Gasteiger partial charge in [-0.25, -0.2) is 4.79 Å². The Morgan fingerprint density at radius 3 is 2.20 bits per heavy atom. The largest absolute Gasteiger partial charge is 0.478 e. The monoisotopic (exact) mass is 287 g/mol. The number of hydrogen-bond acceptors (Lipinski definition) is 2. The van der Waals surface area contributed by atoms with Crippen LogP contribution in [0.2, 0.25) is 0 Å². The number of nitrogens with zero attached hydrogens (tertiary/aromatic N) is 1. The number of alkyl halides is 3. The number of carboxylic acid groups (broad SMARTS) is 1. The summed E-state index contributed by atoms with van der Waals surface area (Å²) in [5.41, 5.74) is -1.22. The Morgan fingerprint density at radius 1 is 1.10 bits per heavy atom. The third kappa shape index (κ3) is 3.23. The predicted octanol–water partition coefficient (Wildman–Crippen LogP) is 3.78. The number of carbonyl (C=O) groups is 1. The lowest BCUT2D eigenvalue weighted by Crippen LogP contribution is -2.24. The second-order valence-electron chi connectivity index (χ2n) is 4.93. The molecule has 1 N–H and O–H groups in total. The third-order valence-electron chi connectivity index (χ3n) is 3.51. The van der Waals surface area contributed by atoms with Crippen LogP contribution in [0.3, 0.4) is 0 Å². The van der Waals surface area contributed by atoms with E-state index in [9.17, 15) is 18.0 Å². The minimum absolute atomic E-state index is 0.553. The van der Waals surface area contributed by atoms with Crippen molar-refractivity contribution in [1.82, 2.24) is 0 Å². The normalized spacial score (nSPS) is 16.9. The summed E-state index contributed by atoms with van der Waals surface area (Å²) in [5.74, 6) is -1.55. The van der Waals surface area contributed by atoms with Gasteiger partial charge in [-0.1, -0.05) is 12.8 Å². The molecule has 0 aromatic heterocycles. The molecule has 3 nitrogen and oxygen atoms in total. The molecule has 0 amide bonds. The van der Waals surface area contributed by atoms with Crippen LogP contribution in [0.5, 0.6) is 0 Å². The van der Waals surface area contributed by atoms with Gasteiger partial charge >= 0.3 is 12.1 Å². The van der Waals surface area contributed by atoms with Gasteiger partial charge in [0.05, 0.1) is 11.1 Å². The molecule has 1 aliphatic heterocycles. The third-order valence-corrected chi connectivity index (χ3v) is 3.51. The van der Waals surface area contributed by atoms with E-state index in [0.29, 0.717) is 5.69 Å². The second-order valence-corrected chi connectivity index (χ2v) is 4.93. The zero-order valence-electron chi connectivity index (χ0n) is 10.9. The summed E-state index contributed by atoms with van der Waals surface area (Å²) in [6.45, 7) is 1.51. The molecule has 0 atom stereocenters. The van der Waals surface area contributed by atoms with Crippen LogP contribution in [0.4, 0.5) is 18.9 Å². The molecule has 1 fully saturated rings. The maximum atomic E-state index is 12.8. The maximum Gasteiger partial charge on any atom is 0.417 e. The van der Waals surface area contributed by atoms with E-state index in [1.165, 1.54) is 6.07 Å². The molecule has 0 unspecified atom stereocenters. The number of anilines is 1. The standard InChI is InChI=1S/C14H16F3NO2/c15-14(16,17)12-6-5-10(9-11(12)13(19)20)18-7-3-1-2-4-8-18/h5-6,9H,1-4,7-8H2,(H,19,20). The Bertz CT molecular complexity index is 492. The number of rotatable bonds is 2. The molecule has 0 bridgehead atoms. The van der Waals surface area contributed by atoms with Crippen molar-refractivity contribution in [2.24, 2.45) is 0 Å². The van der Waals surface area contributed by atoms with Crippen molar-refractivity contribution < 1.29 is 23.1 Å². The molecule has 110 valence electrons. The summed E-state index contributed by atoms with van der Waals surface area (Å²) in [7, 11) is 0. The molecule has 2 rings (SSSR count). The van der Waals surface area contributed by atoms with Gasteiger partial charge < -0.3 is 10.0 Å². The average Bonchev–Trinajstić information content (AvgIpc) is 2.65. The topological polar surface area (TPSA) is 40.5 Å². The van der Waals surface area contributed by atoms with E-state index >= 15 is 0 Å². The number of halogens is 3. The van der Waals surface area contributed by atoms with E-state index in [1.807, 2.05) is 4.90 Å². The van der Waals surface area contributed by atoms with Crippen LogP contribution < -0.4 is 4.90 Å². The Morgan fingerprint density at radius 2 is 1.70 bits per heavy atom. The molecule has 1 aromatic carbocycles. The highest BCUT2D eigenvalue weighted by Crippen LogP contribution is 2.34. The second kappa shape index (κ2) is 5.73. The molecular weight excluding hydrogens is 271 g/mol. The van der Waals surface area contributed by atoms with E-state index in [1.54, 1.807) is 0 Å². The van der Waals surface area contributed by atoms with Gasteiger partial charge in [-0.2, -0.15) is 13.2 Å². The molecule has 0 spiro atoms. The summed E-state index contributed by atoms with van der Waals surface area (Å²) >= 11 is 0. The molecule has 0 saturated carbocycles. The van der Waals surface area contributed by atoms with Gasteiger partial charge in [0.25, 0.3) is 0 Å². The van der Waals surface area contributed by atoms with Crippen LogP contribution in [0, 0.1) is 0 Å². The zero-order chi connectivity index (χ0) is 14.8. The number of hydrogen-bond donors (Lipinski definition) is 1. The van der Waals surface area contributed by atoms with Gasteiger partial charge in [-0.3, -0.25) is 0 Å². The van der Waals surface area contributed by atoms with Crippen molar-refractivity contribution >= 4 is 11.7 Å². The number of benzene rings is 1. The van der Waals surface area contributed by atoms with Gasteiger partial charge in [0, 0.05) is 18.8 Å². The molecule has 1 aliphatic rings. The predicted molar refractivity (Wildman–Crippen MR) is 69.1 cm³/mol. The van der Waals surface area contributed by atoms with Crippen molar-refractivity contribution in [1.29, 1.82) is 0 Å². The minimum atomic E-state index is -4.65. The Balaban J connectivity index is 2.36. The maximum absolute atomic E-state index is 12.8. The highest BCUT2D eigenvalue weighted by atomic mass is 19.4. The van der Waals surface area contributed by atoms with Gasteiger partial charge in [-0.15, -0.1) is 0 Å². The SMILES string of the molecule is O=C(O)c1cc(N2CCCCCC2)ccc1C(F)(F)F. The smallest absolute Gasteiger partial charge is 0.417 e. The summed E-state index contributed by atoms with van der Waals surface area (Å²) in [5, 5.41) is 8.99. The molecular formula is C14H16F3NO2. The van der Waals surface area contributed by atoms with E-state index in [0.717, 1.165) is 50.9 Å². The van der Waals surface area contributed by atoms with E-state index in [-0.39, 0.29) is 0 Å². The molecule has 0 aliphatic carbocycles. The summed E-state index contributed by atoms with van der Waals surface area (Å²) in [6.07, 6.45) is -0.496. The minimum Gasteiger partial charge on any atom is -0.478 e. The van der Waals surface area contributed by atoms with Crippen LogP contribution in [-0.2, 0) is 6.18 Å². The Hall–Kier alpha value is -1.72. The van der Waals surface area contributed by atoms with Crippen molar-refractivity contribution in [3.05, 3.63) is 29.3 Å². The lowest BCUT2D eigenvalue weighted by Gasteiger charge is -2.24. The van der Waals surface area contributed by atoms with Gasteiger partial charge in [0.15, 0.2) is 0 Å². The molecule has 20 heavy (non-hydrogen) atoms. The van der Waals surface area contributed by atoms with Gasteiger partial charge in [0.1, 0.15) is 0 Å². The van der Waals surface area contributed by atoms with Crippen molar-refractivity contribution in [3.63, 3.8) is 0 Å². The van der Waals surface area contributed by atoms with E-state index < -0.39 is 23.3 Å². The fourth-order valence-corrected chi connectivity index (χ4v) is 2.48. The molecule has 1 heterocycles. The fourth-order valence-electron chi connectivity index (χ4n) is 2.48. The first-order valence-corrected chi connectivity index (χ1v) is 6.59. The van der Waals surface area contributed by atoms with Gasteiger partial charge in [0.2, 0.25) is 0 Å². The van der Waals surface area contributed by atoms with E-state index in [2.05, 4.69) is 0 Å². The fraction of sp³-hybridized carbons (Fsp3) is 0.500. The van der Waals surface area contributed by atoms with Crippen LogP contribution in [-0.4, -0.2) is 24.2 Å². The number of carboxylic acids is 1. The van der Waals surface area contributed by atoms with Crippen molar-refractivity contribution in [2.75, 3.05) is 18.0 Å². The molecule has 6 heteroatoms. The van der Waals surface area contributed by atoms with E-state index in [4.69, 9.17) is 5.11 Å². The van der Waals surface area contributed by atoms with Crippen LogP contribution >= 0.6 is 0 Å².